The van der Waals surface area contributed by atoms with E-state index in [9.17, 15) is 9.59 Å². The Morgan fingerprint density at radius 3 is 2.55 bits per heavy atom. The SMILES string of the molecule is Cc1cc(C[CH]C(=O)N2CCC(N3CCN(C(N)=O)CC3)CC2)cc2cn[nH]c12. The molecule has 1 aromatic heterocycles. The van der Waals surface area contributed by atoms with Crippen molar-refractivity contribution in [3.8, 4) is 0 Å². The minimum atomic E-state index is -0.331. The fourth-order valence-corrected chi connectivity index (χ4v) is 4.52. The van der Waals surface area contributed by atoms with Gasteiger partial charge in [-0.1, -0.05) is 6.07 Å². The second-order valence-electron chi connectivity index (χ2n) is 8.07. The molecule has 29 heavy (non-hydrogen) atoms. The van der Waals surface area contributed by atoms with Crippen LogP contribution in [0.2, 0.25) is 0 Å². The number of nitrogens with zero attached hydrogens (tertiary/aromatic N) is 4. The zero-order valence-corrected chi connectivity index (χ0v) is 16.9. The van der Waals surface area contributed by atoms with Gasteiger partial charge in [0, 0.05) is 50.7 Å². The number of nitrogens with one attached hydrogen (secondary N) is 1. The van der Waals surface area contributed by atoms with E-state index in [-0.39, 0.29) is 11.9 Å². The third-order valence-electron chi connectivity index (χ3n) is 6.24. The molecule has 3 heterocycles. The summed E-state index contributed by atoms with van der Waals surface area (Å²) in [6, 6.07) is 4.36. The quantitative estimate of drug-likeness (QED) is 0.813. The number of benzene rings is 1. The summed E-state index contributed by atoms with van der Waals surface area (Å²) in [7, 11) is 0. The van der Waals surface area contributed by atoms with Gasteiger partial charge < -0.3 is 15.5 Å². The van der Waals surface area contributed by atoms with Crippen molar-refractivity contribution < 1.29 is 9.59 Å². The molecule has 2 saturated heterocycles. The molecule has 0 aliphatic carbocycles. The molecule has 0 atom stereocenters. The molecular weight excluding hydrogens is 368 g/mol. The third-order valence-corrected chi connectivity index (χ3v) is 6.24. The molecule has 3 amide bonds. The number of rotatable bonds is 4. The van der Waals surface area contributed by atoms with Gasteiger partial charge >= 0.3 is 6.03 Å². The normalized spacial score (nSPS) is 19.1. The van der Waals surface area contributed by atoms with E-state index in [1.807, 2.05) is 11.1 Å². The van der Waals surface area contributed by atoms with E-state index in [4.69, 9.17) is 5.73 Å². The highest BCUT2D eigenvalue weighted by molar-refractivity contribution is 5.86. The number of piperidine rings is 1. The average molecular weight is 398 g/mol. The molecule has 0 unspecified atom stereocenters. The zero-order chi connectivity index (χ0) is 20.4. The minimum absolute atomic E-state index is 0.118. The molecule has 1 aromatic carbocycles. The molecule has 8 nitrogen and oxygen atoms in total. The molecule has 155 valence electrons. The van der Waals surface area contributed by atoms with Gasteiger partial charge in [-0.05, 0) is 43.4 Å². The first-order chi connectivity index (χ1) is 14.0. The first kappa shape index (κ1) is 19.7. The smallest absolute Gasteiger partial charge is 0.314 e. The molecule has 3 N–H and O–H groups in total. The summed E-state index contributed by atoms with van der Waals surface area (Å²) in [5, 5.41) is 8.18. The molecule has 8 heteroatoms. The number of aryl methyl sites for hydroxylation is 1. The lowest BCUT2D eigenvalue weighted by molar-refractivity contribution is -0.129. The molecule has 0 spiro atoms. The minimum Gasteiger partial charge on any atom is -0.351 e. The molecule has 2 aliphatic heterocycles. The van der Waals surface area contributed by atoms with Crippen LogP contribution in [0.4, 0.5) is 4.79 Å². The van der Waals surface area contributed by atoms with Crippen molar-refractivity contribution in [3.05, 3.63) is 35.9 Å². The fraction of sp³-hybridized carbons (Fsp3) is 0.524. The van der Waals surface area contributed by atoms with Gasteiger partial charge in [-0.15, -0.1) is 0 Å². The van der Waals surface area contributed by atoms with Crippen molar-refractivity contribution in [2.75, 3.05) is 39.3 Å². The molecule has 2 fully saturated rings. The number of carbonyl (C=O) groups is 2. The highest BCUT2D eigenvalue weighted by Crippen LogP contribution is 2.21. The van der Waals surface area contributed by atoms with Crippen molar-refractivity contribution in [2.24, 2.45) is 5.73 Å². The Balaban J connectivity index is 1.24. The van der Waals surface area contributed by atoms with Gasteiger partial charge in [0.2, 0.25) is 5.91 Å². The van der Waals surface area contributed by atoms with E-state index >= 15 is 0 Å². The van der Waals surface area contributed by atoms with Crippen LogP contribution in [0.25, 0.3) is 10.9 Å². The number of carbonyl (C=O) groups excluding carboxylic acids is 2. The Morgan fingerprint density at radius 2 is 1.86 bits per heavy atom. The number of hydrogen-bond acceptors (Lipinski definition) is 4. The molecule has 0 bridgehead atoms. The largest absolute Gasteiger partial charge is 0.351 e. The highest BCUT2D eigenvalue weighted by Gasteiger charge is 2.29. The van der Waals surface area contributed by atoms with Crippen molar-refractivity contribution in [3.63, 3.8) is 0 Å². The Morgan fingerprint density at radius 1 is 1.14 bits per heavy atom. The lowest BCUT2D eigenvalue weighted by Gasteiger charge is -2.42. The number of aromatic amines is 1. The van der Waals surface area contributed by atoms with Crippen molar-refractivity contribution in [1.82, 2.24) is 24.9 Å². The number of fused-ring (bicyclic) bond motifs is 1. The van der Waals surface area contributed by atoms with Crippen LogP contribution in [0.5, 0.6) is 0 Å². The standard InChI is InChI=1S/C21H29N6O2/c1-15-12-16(13-17-14-23-24-20(15)17)2-3-19(28)26-6-4-18(5-7-26)25-8-10-27(11-9-25)21(22)29/h3,12-14,18H,2,4-11H2,1H3,(H2,22,29)(H,23,24). The third kappa shape index (κ3) is 4.37. The monoisotopic (exact) mass is 397 g/mol. The van der Waals surface area contributed by atoms with Gasteiger partial charge in [-0.3, -0.25) is 14.8 Å². The van der Waals surface area contributed by atoms with E-state index in [1.165, 1.54) is 0 Å². The first-order valence-corrected chi connectivity index (χ1v) is 10.3. The number of hydrogen-bond donors (Lipinski definition) is 2. The average Bonchev–Trinajstić information content (AvgIpc) is 3.21. The summed E-state index contributed by atoms with van der Waals surface area (Å²) < 4.78 is 0. The fourth-order valence-electron chi connectivity index (χ4n) is 4.52. The van der Waals surface area contributed by atoms with Crippen molar-refractivity contribution in [2.45, 2.75) is 32.2 Å². The summed E-state index contributed by atoms with van der Waals surface area (Å²) >= 11 is 0. The van der Waals surface area contributed by atoms with Gasteiger partial charge in [-0.2, -0.15) is 5.10 Å². The zero-order valence-electron chi connectivity index (χ0n) is 16.9. The second kappa shape index (κ2) is 8.41. The van der Waals surface area contributed by atoms with Crippen LogP contribution in [0.1, 0.15) is 24.0 Å². The van der Waals surface area contributed by atoms with E-state index in [2.05, 4.69) is 34.2 Å². The van der Waals surface area contributed by atoms with Crippen LogP contribution in [-0.2, 0) is 11.2 Å². The van der Waals surface area contributed by atoms with Crippen LogP contribution in [-0.4, -0.2) is 82.1 Å². The summed E-state index contributed by atoms with van der Waals surface area (Å²) in [5.74, 6) is 0.118. The number of aromatic nitrogens is 2. The molecular formula is C21H29N6O2. The van der Waals surface area contributed by atoms with Gasteiger partial charge in [0.05, 0.1) is 18.1 Å². The van der Waals surface area contributed by atoms with Gasteiger partial charge in [0.15, 0.2) is 0 Å². The van der Waals surface area contributed by atoms with Crippen molar-refractivity contribution in [1.29, 1.82) is 0 Å². The molecule has 0 saturated carbocycles. The highest BCUT2D eigenvalue weighted by atomic mass is 16.2. The van der Waals surface area contributed by atoms with Crippen LogP contribution in [0.15, 0.2) is 18.3 Å². The maximum absolute atomic E-state index is 12.7. The molecule has 2 aliphatic rings. The number of piperazine rings is 1. The van der Waals surface area contributed by atoms with E-state index in [0.29, 0.717) is 25.6 Å². The van der Waals surface area contributed by atoms with Crippen LogP contribution >= 0.6 is 0 Å². The summed E-state index contributed by atoms with van der Waals surface area (Å²) in [4.78, 5) is 30.0. The van der Waals surface area contributed by atoms with Gasteiger partial charge in [0.1, 0.15) is 0 Å². The Bertz CT molecular complexity index is 878. The number of amides is 3. The summed E-state index contributed by atoms with van der Waals surface area (Å²) in [6.07, 6.45) is 6.22. The van der Waals surface area contributed by atoms with Crippen molar-refractivity contribution >= 4 is 22.8 Å². The maximum atomic E-state index is 12.7. The molecule has 2 aromatic rings. The van der Waals surface area contributed by atoms with Gasteiger partial charge in [0.25, 0.3) is 0 Å². The number of H-pyrrole nitrogens is 1. The van der Waals surface area contributed by atoms with Crippen LogP contribution in [0.3, 0.4) is 0 Å². The van der Waals surface area contributed by atoms with E-state index in [0.717, 1.165) is 61.1 Å². The second-order valence-corrected chi connectivity index (χ2v) is 8.07. The van der Waals surface area contributed by atoms with E-state index in [1.54, 1.807) is 11.3 Å². The first-order valence-electron chi connectivity index (χ1n) is 10.3. The predicted molar refractivity (Wildman–Crippen MR) is 111 cm³/mol. The lowest BCUT2D eigenvalue weighted by atomic mass is 10.0. The van der Waals surface area contributed by atoms with Crippen LogP contribution < -0.4 is 5.73 Å². The maximum Gasteiger partial charge on any atom is 0.314 e. The topological polar surface area (TPSA) is 98.6 Å². The number of urea groups is 1. The number of nitrogens with two attached hydrogens (primary N) is 1. The number of primary amides is 1. The lowest BCUT2D eigenvalue weighted by Crippen LogP contribution is -2.55. The number of likely N-dealkylation sites (tertiary alicyclic amines) is 1. The Kier molecular flexibility index (Phi) is 5.71. The van der Waals surface area contributed by atoms with Crippen LogP contribution in [0, 0.1) is 13.3 Å². The van der Waals surface area contributed by atoms with Gasteiger partial charge in [-0.25, -0.2) is 4.79 Å². The Hall–Kier alpha value is -2.61. The predicted octanol–water partition coefficient (Wildman–Crippen LogP) is 1.31. The Labute approximate surface area is 171 Å². The summed E-state index contributed by atoms with van der Waals surface area (Å²) in [5.41, 5.74) is 8.69. The molecule has 1 radical (unpaired) electrons. The summed E-state index contributed by atoms with van der Waals surface area (Å²) in [6.45, 7) is 6.75. The molecule has 4 rings (SSSR count). The van der Waals surface area contributed by atoms with E-state index < -0.39 is 0 Å².